The van der Waals surface area contributed by atoms with Gasteiger partial charge in [-0.2, -0.15) is 0 Å². The van der Waals surface area contributed by atoms with Crippen molar-refractivity contribution in [3.63, 3.8) is 0 Å². The van der Waals surface area contributed by atoms with Crippen molar-refractivity contribution >= 4 is 28.8 Å². The van der Waals surface area contributed by atoms with E-state index >= 15 is 0 Å². The Hall–Kier alpha value is -2.14. The zero-order chi connectivity index (χ0) is 18.1. The monoisotopic (exact) mass is 356 g/mol. The molecule has 3 rings (SSSR count). The fourth-order valence-electron chi connectivity index (χ4n) is 3.26. The van der Waals surface area contributed by atoms with Crippen LogP contribution in [0.15, 0.2) is 24.3 Å². The third-order valence-electron chi connectivity index (χ3n) is 4.71. The molecule has 1 aromatic heterocycles. The maximum Gasteiger partial charge on any atom is 0.263 e. The quantitative estimate of drug-likeness (QED) is 0.909. The van der Waals surface area contributed by atoms with Gasteiger partial charge in [-0.25, -0.2) is 0 Å². The molecule has 2 aromatic rings. The van der Waals surface area contributed by atoms with Crippen LogP contribution in [-0.2, 0) is 17.6 Å². The van der Waals surface area contributed by atoms with Gasteiger partial charge in [-0.1, -0.05) is 17.7 Å². The standard InChI is InChI=1S/C20H24N2O2S/c1-12-5-7-16(13(2)9-12)21-19(23)14-6-8-17-15(10-14)11-18(25-17)20(24)22(3)4/h5,7,9,11,14H,6,8,10H2,1-4H3,(H,21,23). The molecule has 1 aliphatic carbocycles. The molecule has 0 spiro atoms. The van der Waals surface area contributed by atoms with Gasteiger partial charge in [-0.05, 0) is 56.4 Å². The molecule has 0 fully saturated rings. The molecule has 5 heteroatoms. The molecule has 4 nitrogen and oxygen atoms in total. The molecule has 0 radical (unpaired) electrons. The van der Waals surface area contributed by atoms with Crippen molar-refractivity contribution in [2.24, 2.45) is 5.92 Å². The van der Waals surface area contributed by atoms with Gasteiger partial charge in [0.05, 0.1) is 4.88 Å². The number of thiophene rings is 1. The normalized spacial score (nSPS) is 16.2. The van der Waals surface area contributed by atoms with Crippen molar-refractivity contribution in [2.45, 2.75) is 33.1 Å². The number of carbonyl (C=O) groups is 2. The van der Waals surface area contributed by atoms with Crippen LogP contribution in [0.4, 0.5) is 5.69 Å². The summed E-state index contributed by atoms with van der Waals surface area (Å²) in [4.78, 5) is 28.4. The van der Waals surface area contributed by atoms with E-state index in [1.807, 2.05) is 32.0 Å². The van der Waals surface area contributed by atoms with E-state index < -0.39 is 0 Å². The van der Waals surface area contributed by atoms with E-state index in [-0.39, 0.29) is 17.7 Å². The fourth-order valence-corrected chi connectivity index (χ4v) is 4.49. The van der Waals surface area contributed by atoms with Crippen LogP contribution in [0, 0.1) is 19.8 Å². The summed E-state index contributed by atoms with van der Waals surface area (Å²) in [5, 5.41) is 3.08. The number of nitrogens with one attached hydrogen (secondary N) is 1. The Morgan fingerprint density at radius 1 is 1.20 bits per heavy atom. The predicted octanol–water partition coefficient (Wildman–Crippen LogP) is 3.81. The summed E-state index contributed by atoms with van der Waals surface area (Å²) < 4.78 is 0. The largest absolute Gasteiger partial charge is 0.344 e. The van der Waals surface area contributed by atoms with Gasteiger partial charge in [0.1, 0.15) is 0 Å². The van der Waals surface area contributed by atoms with Crippen molar-refractivity contribution in [3.05, 3.63) is 50.7 Å². The molecule has 1 aliphatic rings. The molecule has 1 atom stereocenters. The Kier molecular flexibility index (Phi) is 4.95. The van der Waals surface area contributed by atoms with E-state index in [2.05, 4.69) is 11.4 Å². The lowest BCUT2D eigenvalue weighted by Gasteiger charge is -2.22. The highest BCUT2D eigenvalue weighted by Gasteiger charge is 2.28. The fraction of sp³-hybridized carbons (Fsp3) is 0.400. The second-order valence-electron chi connectivity index (χ2n) is 7.01. The minimum Gasteiger partial charge on any atom is -0.344 e. The van der Waals surface area contributed by atoms with E-state index in [9.17, 15) is 9.59 Å². The van der Waals surface area contributed by atoms with Gasteiger partial charge < -0.3 is 10.2 Å². The zero-order valence-corrected chi connectivity index (χ0v) is 16.0. The Bertz CT molecular complexity index is 823. The van der Waals surface area contributed by atoms with Gasteiger partial charge in [0.2, 0.25) is 5.91 Å². The van der Waals surface area contributed by atoms with E-state index in [1.165, 1.54) is 10.4 Å². The van der Waals surface area contributed by atoms with Gasteiger partial charge >= 0.3 is 0 Å². The summed E-state index contributed by atoms with van der Waals surface area (Å²) in [7, 11) is 3.53. The summed E-state index contributed by atoms with van der Waals surface area (Å²) in [5.41, 5.74) is 4.31. The number of benzene rings is 1. The summed E-state index contributed by atoms with van der Waals surface area (Å²) in [5.74, 6) is 0.0742. The van der Waals surface area contributed by atoms with Gasteiger partial charge in [0, 0.05) is 30.6 Å². The molecule has 0 bridgehead atoms. The molecule has 132 valence electrons. The number of hydrogen-bond acceptors (Lipinski definition) is 3. The minimum atomic E-state index is -0.0369. The lowest BCUT2D eigenvalue weighted by atomic mass is 9.87. The number of rotatable bonds is 3. The lowest BCUT2D eigenvalue weighted by molar-refractivity contribution is -0.120. The average molecular weight is 356 g/mol. The molecule has 25 heavy (non-hydrogen) atoms. The van der Waals surface area contributed by atoms with Gasteiger partial charge in [0.25, 0.3) is 5.91 Å². The van der Waals surface area contributed by atoms with Gasteiger partial charge in [-0.3, -0.25) is 9.59 Å². The highest BCUT2D eigenvalue weighted by atomic mass is 32.1. The number of anilines is 1. The van der Waals surface area contributed by atoms with Crippen LogP contribution in [0.1, 0.15) is 37.7 Å². The molecular weight excluding hydrogens is 332 g/mol. The average Bonchev–Trinajstić information content (AvgIpc) is 2.99. The second-order valence-corrected chi connectivity index (χ2v) is 8.14. The van der Waals surface area contributed by atoms with Gasteiger partial charge in [-0.15, -0.1) is 11.3 Å². The van der Waals surface area contributed by atoms with Crippen LogP contribution < -0.4 is 5.32 Å². The topological polar surface area (TPSA) is 49.4 Å². The molecule has 0 saturated heterocycles. The number of amides is 2. The second kappa shape index (κ2) is 7.00. The zero-order valence-electron chi connectivity index (χ0n) is 15.2. The number of aryl methyl sites for hydroxylation is 3. The summed E-state index contributed by atoms with van der Waals surface area (Å²) in [6, 6.07) is 8.03. The van der Waals surface area contributed by atoms with Crippen LogP contribution in [0.25, 0.3) is 0 Å². The van der Waals surface area contributed by atoms with Crippen molar-refractivity contribution in [3.8, 4) is 0 Å². The van der Waals surface area contributed by atoms with Crippen LogP contribution >= 0.6 is 11.3 Å². The Labute approximate surface area is 152 Å². The molecule has 1 N–H and O–H groups in total. The third-order valence-corrected chi connectivity index (χ3v) is 5.94. The van der Waals surface area contributed by atoms with E-state index in [0.717, 1.165) is 34.5 Å². The smallest absolute Gasteiger partial charge is 0.263 e. The first kappa shape index (κ1) is 17.7. The summed E-state index contributed by atoms with van der Waals surface area (Å²) in [6.45, 7) is 4.06. The molecule has 1 heterocycles. The highest BCUT2D eigenvalue weighted by Crippen LogP contribution is 2.33. The molecule has 2 amide bonds. The Balaban J connectivity index is 1.71. The summed E-state index contributed by atoms with van der Waals surface area (Å²) in [6.07, 6.45) is 2.41. The Morgan fingerprint density at radius 2 is 1.96 bits per heavy atom. The van der Waals surface area contributed by atoms with Crippen LogP contribution in [0.2, 0.25) is 0 Å². The van der Waals surface area contributed by atoms with Crippen LogP contribution in [-0.4, -0.2) is 30.8 Å². The van der Waals surface area contributed by atoms with E-state index in [4.69, 9.17) is 0 Å². The summed E-state index contributed by atoms with van der Waals surface area (Å²) >= 11 is 1.57. The van der Waals surface area contributed by atoms with Crippen molar-refractivity contribution < 1.29 is 9.59 Å². The lowest BCUT2D eigenvalue weighted by Crippen LogP contribution is -2.27. The first-order chi connectivity index (χ1) is 11.8. The highest BCUT2D eigenvalue weighted by molar-refractivity contribution is 7.14. The predicted molar refractivity (Wildman–Crippen MR) is 102 cm³/mol. The first-order valence-corrected chi connectivity index (χ1v) is 9.38. The van der Waals surface area contributed by atoms with Crippen molar-refractivity contribution in [1.29, 1.82) is 0 Å². The number of hydrogen-bond donors (Lipinski definition) is 1. The van der Waals surface area contributed by atoms with Gasteiger partial charge in [0.15, 0.2) is 0 Å². The molecule has 0 aliphatic heterocycles. The Morgan fingerprint density at radius 3 is 2.64 bits per heavy atom. The SMILES string of the molecule is Cc1ccc(NC(=O)C2CCc3sc(C(=O)N(C)C)cc3C2)c(C)c1. The molecule has 1 unspecified atom stereocenters. The first-order valence-electron chi connectivity index (χ1n) is 8.56. The van der Waals surface area contributed by atoms with E-state index in [0.29, 0.717) is 6.42 Å². The van der Waals surface area contributed by atoms with E-state index in [1.54, 1.807) is 30.3 Å². The van der Waals surface area contributed by atoms with Crippen LogP contribution in [0.5, 0.6) is 0 Å². The van der Waals surface area contributed by atoms with Crippen molar-refractivity contribution in [1.82, 2.24) is 4.90 Å². The molecule has 1 aromatic carbocycles. The van der Waals surface area contributed by atoms with Crippen LogP contribution in [0.3, 0.4) is 0 Å². The number of nitrogens with zero attached hydrogens (tertiary/aromatic N) is 1. The maximum atomic E-state index is 12.7. The van der Waals surface area contributed by atoms with Crippen molar-refractivity contribution in [2.75, 3.05) is 19.4 Å². The number of carbonyl (C=O) groups excluding carboxylic acids is 2. The molecular formula is C20H24N2O2S. The minimum absolute atomic E-state index is 0.0369. The third kappa shape index (κ3) is 3.76. The maximum absolute atomic E-state index is 12.7. The number of fused-ring (bicyclic) bond motifs is 1. The molecule has 0 saturated carbocycles.